The predicted molar refractivity (Wildman–Crippen MR) is 136 cm³/mol. The number of rotatable bonds is 7. The molecule has 0 unspecified atom stereocenters. The first kappa shape index (κ1) is 25.1. The first-order valence-electron chi connectivity index (χ1n) is 11.9. The summed E-state index contributed by atoms with van der Waals surface area (Å²) in [5.74, 6) is 0.697. The number of likely N-dealkylation sites (N-methyl/N-ethyl adjacent to an activating group) is 1. The molecule has 0 radical (unpaired) electrons. The van der Waals surface area contributed by atoms with E-state index in [-0.39, 0.29) is 18.9 Å². The lowest BCUT2D eigenvalue weighted by atomic mass is 9.97. The number of hydrogen-bond acceptors (Lipinski definition) is 7. The van der Waals surface area contributed by atoms with Crippen molar-refractivity contribution in [1.82, 2.24) is 9.91 Å². The van der Waals surface area contributed by atoms with Crippen LogP contribution in [0.25, 0.3) is 0 Å². The van der Waals surface area contributed by atoms with Crippen LogP contribution in [-0.4, -0.2) is 62.0 Å². The lowest BCUT2D eigenvalue weighted by Gasteiger charge is -2.25. The molecule has 196 valence electrons. The average molecular weight is 520 g/mol. The normalized spacial score (nSPS) is 15.7. The molecular formula is C28H26FN3O6. The zero-order chi connectivity index (χ0) is 26.8. The molecule has 0 aliphatic carbocycles. The Hall–Kier alpha value is -4.60. The Labute approximate surface area is 219 Å². The molecule has 2 amide bonds. The van der Waals surface area contributed by atoms with Crippen molar-refractivity contribution in [2.45, 2.75) is 12.5 Å². The number of methoxy groups -OCH3 is 2. The number of hydrazone groups is 1. The summed E-state index contributed by atoms with van der Waals surface area (Å²) in [6.45, 7) is -0.176. The Morgan fingerprint density at radius 1 is 1.05 bits per heavy atom. The summed E-state index contributed by atoms with van der Waals surface area (Å²) < 4.78 is 36.0. The van der Waals surface area contributed by atoms with Crippen molar-refractivity contribution in [2.24, 2.45) is 5.10 Å². The van der Waals surface area contributed by atoms with Crippen molar-refractivity contribution in [3.63, 3.8) is 0 Å². The van der Waals surface area contributed by atoms with Crippen LogP contribution < -0.4 is 18.9 Å². The number of halogens is 1. The van der Waals surface area contributed by atoms with E-state index in [1.165, 1.54) is 35.2 Å². The second-order valence-electron chi connectivity index (χ2n) is 8.82. The summed E-state index contributed by atoms with van der Waals surface area (Å²) in [6, 6.07) is 16.0. The number of ether oxygens (including phenoxy) is 4. The molecule has 3 aromatic rings. The van der Waals surface area contributed by atoms with E-state index in [4.69, 9.17) is 18.9 Å². The third-order valence-corrected chi connectivity index (χ3v) is 6.49. The van der Waals surface area contributed by atoms with E-state index in [0.29, 0.717) is 40.7 Å². The number of carbonyl (C=O) groups is 2. The van der Waals surface area contributed by atoms with E-state index in [1.54, 1.807) is 38.5 Å². The summed E-state index contributed by atoms with van der Waals surface area (Å²) >= 11 is 0. The Kier molecular flexibility index (Phi) is 6.87. The highest BCUT2D eigenvalue weighted by Gasteiger charge is 2.36. The third-order valence-electron chi connectivity index (χ3n) is 6.49. The van der Waals surface area contributed by atoms with Gasteiger partial charge in [0.05, 0.1) is 31.5 Å². The highest BCUT2D eigenvalue weighted by Crippen LogP contribution is 2.40. The molecule has 0 saturated carbocycles. The Balaban J connectivity index is 1.46. The van der Waals surface area contributed by atoms with Gasteiger partial charge in [-0.2, -0.15) is 5.10 Å². The topological polar surface area (TPSA) is 89.9 Å². The molecule has 38 heavy (non-hydrogen) atoms. The zero-order valence-electron chi connectivity index (χ0n) is 21.1. The van der Waals surface area contributed by atoms with Crippen molar-refractivity contribution in [3.05, 3.63) is 83.2 Å². The molecule has 0 saturated heterocycles. The molecule has 0 spiro atoms. The summed E-state index contributed by atoms with van der Waals surface area (Å²) in [7, 11) is 4.57. The first-order chi connectivity index (χ1) is 18.4. The molecule has 5 rings (SSSR count). The molecule has 10 heteroatoms. The number of amides is 2. The molecule has 0 bridgehead atoms. The van der Waals surface area contributed by atoms with E-state index in [0.717, 1.165) is 5.56 Å². The minimum Gasteiger partial charge on any atom is -0.497 e. The van der Waals surface area contributed by atoms with Crippen molar-refractivity contribution >= 4 is 17.5 Å². The highest BCUT2D eigenvalue weighted by molar-refractivity contribution is 6.05. The van der Waals surface area contributed by atoms with Gasteiger partial charge in [-0.05, 0) is 42.0 Å². The van der Waals surface area contributed by atoms with Crippen LogP contribution >= 0.6 is 0 Å². The Bertz CT molecular complexity index is 1430. The van der Waals surface area contributed by atoms with Gasteiger partial charge >= 0.3 is 0 Å². The second-order valence-corrected chi connectivity index (χ2v) is 8.82. The molecule has 0 N–H and O–H groups in total. The van der Waals surface area contributed by atoms with E-state index >= 15 is 0 Å². The van der Waals surface area contributed by atoms with Gasteiger partial charge in [-0.1, -0.05) is 18.2 Å². The van der Waals surface area contributed by atoms with Crippen molar-refractivity contribution in [3.8, 4) is 23.0 Å². The highest BCUT2D eigenvalue weighted by atomic mass is 19.1. The van der Waals surface area contributed by atoms with Crippen LogP contribution in [0.15, 0.2) is 65.8 Å². The molecule has 1 atom stereocenters. The second kappa shape index (κ2) is 10.4. The van der Waals surface area contributed by atoms with Crippen molar-refractivity contribution < 1.29 is 32.9 Å². The van der Waals surface area contributed by atoms with Gasteiger partial charge in [0, 0.05) is 25.1 Å². The predicted octanol–water partition coefficient (Wildman–Crippen LogP) is 4.02. The molecular weight excluding hydrogens is 493 g/mol. The van der Waals surface area contributed by atoms with Crippen LogP contribution in [0.4, 0.5) is 4.39 Å². The summed E-state index contributed by atoms with van der Waals surface area (Å²) in [4.78, 5) is 27.6. The fraction of sp³-hybridized carbons (Fsp3) is 0.250. The van der Waals surface area contributed by atoms with Crippen molar-refractivity contribution in [2.75, 3.05) is 34.6 Å². The van der Waals surface area contributed by atoms with Gasteiger partial charge in [-0.25, -0.2) is 9.40 Å². The lowest BCUT2D eigenvalue weighted by Crippen LogP contribution is -2.39. The number of fused-ring (bicyclic) bond motifs is 1. The number of hydrogen-bond donors (Lipinski definition) is 0. The van der Waals surface area contributed by atoms with E-state index in [1.807, 2.05) is 18.2 Å². The summed E-state index contributed by atoms with van der Waals surface area (Å²) in [6.07, 6.45) is 0.388. The maximum absolute atomic E-state index is 14.2. The van der Waals surface area contributed by atoms with Crippen LogP contribution in [0.1, 0.15) is 33.9 Å². The van der Waals surface area contributed by atoms with Gasteiger partial charge in [0.2, 0.25) is 6.79 Å². The molecule has 0 fully saturated rings. The standard InChI is InChI=1S/C28H26FN3O6/c1-31(28(34)19-6-4-5-7-21(19)29)15-27(33)32-23(17-8-11-24-26(12-17)38-16-37-24)14-22(30-32)20-10-9-18(35-2)13-25(20)36-3/h4-13,23H,14-16H2,1-3H3/t23-/m0/s1. The quantitative estimate of drug-likeness (QED) is 0.469. The largest absolute Gasteiger partial charge is 0.497 e. The van der Waals surface area contributed by atoms with Crippen LogP contribution in [0, 0.1) is 5.82 Å². The van der Waals surface area contributed by atoms with Crippen molar-refractivity contribution in [1.29, 1.82) is 0 Å². The van der Waals surface area contributed by atoms with Gasteiger partial charge < -0.3 is 23.8 Å². The zero-order valence-corrected chi connectivity index (χ0v) is 21.1. The summed E-state index contributed by atoms with van der Waals surface area (Å²) in [5.41, 5.74) is 2.02. The fourth-order valence-electron chi connectivity index (χ4n) is 4.51. The smallest absolute Gasteiger partial charge is 0.262 e. The van der Waals surface area contributed by atoms with Crippen LogP contribution in [0.3, 0.4) is 0 Å². The van der Waals surface area contributed by atoms with E-state index < -0.39 is 23.7 Å². The van der Waals surface area contributed by atoms with Crippen LogP contribution in [0.5, 0.6) is 23.0 Å². The third kappa shape index (κ3) is 4.72. The molecule has 2 aliphatic rings. The molecule has 2 heterocycles. The van der Waals surface area contributed by atoms with E-state index in [9.17, 15) is 14.0 Å². The minimum absolute atomic E-state index is 0.108. The Morgan fingerprint density at radius 3 is 2.61 bits per heavy atom. The van der Waals surface area contributed by atoms with Gasteiger partial charge in [0.1, 0.15) is 23.9 Å². The van der Waals surface area contributed by atoms with Gasteiger partial charge in [0.25, 0.3) is 11.8 Å². The SMILES string of the molecule is COc1ccc(C2=NN(C(=O)CN(C)C(=O)c3ccccc3F)[C@H](c3ccc4c(c3)OCO4)C2)c(OC)c1. The van der Waals surface area contributed by atoms with Gasteiger partial charge in [0.15, 0.2) is 11.5 Å². The number of carbonyl (C=O) groups excluding carboxylic acids is 2. The first-order valence-corrected chi connectivity index (χ1v) is 11.9. The maximum atomic E-state index is 14.2. The van der Waals surface area contributed by atoms with Gasteiger partial charge in [-0.15, -0.1) is 0 Å². The monoisotopic (exact) mass is 519 g/mol. The molecule has 3 aromatic carbocycles. The number of benzene rings is 3. The fourth-order valence-corrected chi connectivity index (χ4v) is 4.51. The molecule has 9 nitrogen and oxygen atoms in total. The Morgan fingerprint density at radius 2 is 1.84 bits per heavy atom. The average Bonchev–Trinajstić information content (AvgIpc) is 3.59. The number of nitrogens with zero attached hydrogens (tertiary/aromatic N) is 3. The van der Waals surface area contributed by atoms with Gasteiger partial charge in [-0.3, -0.25) is 9.59 Å². The van der Waals surface area contributed by atoms with E-state index in [2.05, 4.69) is 5.10 Å². The lowest BCUT2D eigenvalue weighted by molar-refractivity contribution is -0.133. The minimum atomic E-state index is -0.650. The maximum Gasteiger partial charge on any atom is 0.262 e. The van der Waals surface area contributed by atoms with Crippen LogP contribution in [0.2, 0.25) is 0 Å². The molecule has 2 aliphatic heterocycles. The molecule has 0 aromatic heterocycles. The summed E-state index contributed by atoms with van der Waals surface area (Å²) in [5, 5.41) is 6.03. The van der Waals surface area contributed by atoms with Crippen LogP contribution in [-0.2, 0) is 4.79 Å².